The zero-order valence-corrected chi connectivity index (χ0v) is 10.7. The maximum Gasteiger partial charge on any atom is 0.241 e. The van der Waals surface area contributed by atoms with Gasteiger partial charge in [-0.2, -0.15) is 0 Å². The Morgan fingerprint density at radius 1 is 1.44 bits per heavy atom. The summed E-state index contributed by atoms with van der Waals surface area (Å²) < 4.78 is 5.34. The number of benzene rings is 1. The van der Waals surface area contributed by atoms with E-state index in [1.165, 1.54) is 5.56 Å². The van der Waals surface area contributed by atoms with Gasteiger partial charge in [0.05, 0.1) is 19.3 Å². The first-order valence-electron chi connectivity index (χ1n) is 6.46. The molecule has 98 valence electrons. The normalized spacial score (nSPS) is 15.2. The Balaban J connectivity index is 1.94. The van der Waals surface area contributed by atoms with Gasteiger partial charge in [-0.1, -0.05) is 25.8 Å². The fraction of sp³-hybridized carbons (Fsp3) is 0.500. The minimum Gasteiger partial charge on any atom is -0.372 e. The molecule has 1 atom stereocenters. The lowest BCUT2D eigenvalue weighted by atomic mass is 10.1. The summed E-state index contributed by atoms with van der Waals surface area (Å²) in [6.45, 7) is 3.38. The Morgan fingerprint density at radius 3 is 3.00 bits per heavy atom. The van der Waals surface area contributed by atoms with Crippen LogP contribution < -0.4 is 11.1 Å². The summed E-state index contributed by atoms with van der Waals surface area (Å²) in [6.07, 6.45) is 2.76. The molecule has 1 aromatic carbocycles. The SMILES string of the molecule is CCCC[C@H](N)C(=O)Nc1ccc2c(c1)COC2. The smallest absolute Gasteiger partial charge is 0.241 e. The summed E-state index contributed by atoms with van der Waals surface area (Å²) in [5, 5.41) is 2.86. The number of anilines is 1. The molecule has 4 heteroatoms. The van der Waals surface area contributed by atoms with E-state index in [-0.39, 0.29) is 5.91 Å². The predicted molar refractivity (Wildman–Crippen MR) is 71.1 cm³/mol. The van der Waals surface area contributed by atoms with E-state index in [0.29, 0.717) is 13.2 Å². The highest BCUT2D eigenvalue weighted by molar-refractivity contribution is 5.94. The lowest BCUT2D eigenvalue weighted by molar-refractivity contribution is -0.117. The summed E-state index contributed by atoms with van der Waals surface area (Å²) in [4.78, 5) is 11.9. The fourth-order valence-corrected chi connectivity index (χ4v) is 2.04. The minimum absolute atomic E-state index is 0.109. The van der Waals surface area contributed by atoms with Gasteiger partial charge in [0.1, 0.15) is 0 Å². The molecule has 4 nitrogen and oxygen atoms in total. The van der Waals surface area contributed by atoms with Gasteiger partial charge < -0.3 is 15.8 Å². The molecule has 0 spiro atoms. The molecule has 3 N–H and O–H groups in total. The number of nitrogens with two attached hydrogens (primary N) is 1. The van der Waals surface area contributed by atoms with E-state index in [0.717, 1.165) is 30.5 Å². The van der Waals surface area contributed by atoms with Crippen LogP contribution in [0, 0.1) is 0 Å². The monoisotopic (exact) mass is 248 g/mol. The third-order valence-electron chi connectivity index (χ3n) is 3.19. The van der Waals surface area contributed by atoms with Crippen molar-refractivity contribution in [3.05, 3.63) is 29.3 Å². The molecule has 0 radical (unpaired) electrons. The molecule has 0 saturated carbocycles. The van der Waals surface area contributed by atoms with Crippen molar-refractivity contribution in [2.45, 2.75) is 45.4 Å². The van der Waals surface area contributed by atoms with Crippen LogP contribution in [0.1, 0.15) is 37.3 Å². The summed E-state index contributed by atoms with van der Waals surface area (Å²) in [5.41, 5.74) is 8.97. The maximum absolute atomic E-state index is 11.9. The number of hydrogen-bond acceptors (Lipinski definition) is 3. The molecule has 0 saturated heterocycles. The Morgan fingerprint density at radius 2 is 2.22 bits per heavy atom. The fourth-order valence-electron chi connectivity index (χ4n) is 2.04. The van der Waals surface area contributed by atoms with E-state index in [4.69, 9.17) is 10.5 Å². The number of unbranched alkanes of at least 4 members (excludes halogenated alkanes) is 1. The molecule has 1 aliphatic rings. The molecule has 0 unspecified atom stereocenters. The summed E-state index contributed by atoms with van der Waals surface area (Å²) >= 11 is 0. The molecule has 1 aliphatic heterocycles. The average Bonchev–Trinajstić information content (AvgIpc) is 2.83. The van der Waals surface area contributed by atoms with Crippen LogP contribution in [0.2, 0.25) is 0 Å². The molecule has 1 aromatic rings. The van der Waals surface area contributed by atoms with Gasteiger partial charge in [0, 0.05) is 5.69 Å². The molecule has 2 rings (SSSR count). The van der Waals surface area contributed by atoms with Gasteiger partial charge in [0.2, 0.25) is 5.91 Å². The van der Waals surface area contributed by atoms with Crippen molar-refractivity contribution in [2.24, 2.45) is 5.73 Å². The Bertz CT molecular complexity index is 432. The van der Waals surface area contributed by atoms with Crippen LogP contribution in [0.4, 0.5) is 5.69 Å². The van der Waals surface area contributed by atoms with Crippen LogP contribution in [0.5, 0.6) is 0 Å². The summed E-state index contributed by atoms with van der Waals surface area (Å²) in [7, 11) is 0. The molecule has 1 amide bonds. The third kappa shape index (κ3) is 3.09. The second-order valence-electron chi connectivity index (χ2n) is 4.71. The third-order valence-corrected chi connectivity index (χ3v) is 3.19. The molecule has 0 bridgehead atoms. The molecule has 18 heavy (non-hydrogen) atoms. The molecular weight excluding hydrogens is 228 g/mol. The highest BCUT2D eigenvalue weighted by Crippen LogP contribution is 2.23. The van der Waals surface area contributed by atoms with Crippen LogP contribution >= 0.6 is 0 Å². The molecule has 0 fully saturated rings. The highest BCUT2D eigenvalue weighted by Gasteiger charge is 2.15. The number of carbonyl (C=O) groups is 1. The van der Waals surface area contributed by atoms with E-state index >= 15 is 0 Å². The van der Waals surface area contributed by atoms with Gasteiger partial charge in [0.15, 0.2) is 0 Å². The predicted octanol–water partition coefficient (Wildman–Crippen LogP) is 2.17. The second kappa shape index (κ2) is 5.98. The molecule has 0 aliphatic carbocycles. The van der Waals surface area contributed by atoms with E-state index in [1.807, 2.05) is 18.2 Å². The number of ether oxygens (including phenoxy) is 1. The molecule has 0 aromatic heterocycles. The van der Waals surface area contributed by atoms with Gasteiger partial charge in [-0.3, -0.25) is 4.79 Å². The maximum atomic E-state index is 11.9. The quantitative estimate of drug-likeness (QED) is 0.839. The zero-order chi connectivity index (χ0) is 13.0. The van der Waals surface area contributed by atoms with Gasteiger partial charge in [-0.05, 0) is 29.7 Å². The number of amides is 1. The van der Waals surface area contributed by atoms with E-state index < -0.39 is 6.04 Å². The Hall–Kier alpha value is -1.39. The number of nitrogens with one attached hydrogen (secondary N) is 1. The van der Waals surface area contributed by atoms with Crippen molar-refractivity contribution in [1.82, 2.24) is 0 Å². The molecule has 1 heterocycles. The van der Waals surface area contributed by atoms with Crippen molar-refractivity contribution >= 4 is 11.6 Å². The number of fused-ring (bicyclic) bond motifs is 1. The summed E-state index contributed by atoms with van der Waals surface area (Å²) in [6, 6.07) is 5.44. The van der Waals surface area contributed by atoms with Gasteiger partial charge >= 0.3 is 0 Å². The molecular formula is C14H20N2O2. The zero-order valence-electron chi connectivity index (χ0n) is 10.7. The van der Waals surface area contributed by atoms with Crippen LogP contribution in [0.15, 0.2) is 18.2 Å². The summed E-state index contributed by atoms with van der Waals surface area (Å²) in [5.74, 6) is -0.109. The Labute approximate surface area is 108 Å². The Kier molecular flexibility index (Phi) is 4.33. The topological polar surface area (TPSA) is 64.4 Å². The van der Waals surface area contributed by atoms with Crippen molar-refractivity contribution in [3.63, 3.8) is 0 Å². The highest BCUT2D eigenvalue weighted by atomic mass is 16.5. The van der Waals surface area contributed by atoms with Gasteiger partial charge in [-0.25, -0.2) is 0 Å². The van der Waals surface area contributed by atoms with Crippen LogP contribution in [-0.4, -0.2) is 11.9 Å². The van der Waals surface area contributed by atoms with Crippen LogP contribution in [-0.2, 0) is 22.7 Å². The van der Waals surface area contributed by atoms with Crippen molar-refractivity contribution < 1.29 is 9.53 Å². The first-order chi connectivity index (χ1) is 8.70. The van der Waals surface area contributed by atoms with Crippen LogP contribution in [0.3, 0.4) is 0 Å². The lowest BCUT2D eigenvalue weighted by Crippen LogP contribution is -2.35. The van der Waals surface area contributed by atoms with Crippen molar-refractivity contribution in [1.29, 1.82) is 0 Å². The van der Waals surface area contributed by atoms with Crippen LogP contribution in [0.25, 0.3) is 0 Å². The van der Waals surface area contributed by atoms with Gasteiger partial charge in [0.25, 0.3) is 0 Å². The van der Waals surface area contributed by atoms with Crippen molar-refractivity contribution in [2.75, 3.05) is 5.32 Å². The van der Waals surface area contributed by atoms with E-state index in [1.54, 1.807) is 0 Å². The minimum atomic E-state index is -0.422. The standard InChI is InChI=1S/C14H20N2O2/c1-2-3-4-13(15)14(17)16-12-6-5-10-8-18-9-11(10)7-12/h5-7,13H,2-4,8-9,15H2,1H3,(H,16,17)/t13-/m0/s1. The number of rotatable bonds is 5. The average molecular weight is 248 g/mol. The lowest BCUT2D eigenvalue weighted by Gasteiger charge is -2.12. The second-order valence-corrected chi connectivity index (χ2v) is 4.71. The first kappa shape index (κ1) is 13.1. The largest absolute Gasteiger partial charge is 0.372 e. The first-order valence-corrected chi connectivity index (χ1v) is 6.46. The van der Waals surface area contributed by atoms with E-state index in [2.05, 4.69) is 12.2 Å². The van der Waals surface area contributed by atoms with Gasteiger partial charge in [-0.15, -0.1) is 0 Å². The number of carbonyl (C=O) groups excluding carboxylic acids is 1. The van der Waals surface area contributed by atoms with Crippen molar-refractivity contribution in [3.8, 4) is 0 Å². The van der Waals surface area contributed by atoms with E-state index in [9.17, 15) is 4.79 Å². The number of hydrogen-bond donors (Lipinski definition) is 2.